The van der Waals surface area contributed by atoms with Crippen LogP contribution in [0.4, 0.5) is 11.5 Å². The molecule has 1 aliphatic heterocycles. The fourth-order valence-corrected chi connectivity index (χ4v) is 3.47. The van der Waals surface area contributed by atoms with Gasteiger partial charge in [0.15, 0.2) is 0 Å². The number of hydrogen-bond donors (Lipinski definition) is 2. The van der Waals surface area contributed by atoms with Gasteiger partial charge in [0.25, 0.3) is 5.91 Å². The van der Waals surface area contributed by atoms with Crippen molar-refractivity contribution in [2.75, 3.05) is 56.5 Å². The van der Waals surface area contributed by atoms with Gasteiger partial charge >= 0.3 is 0 Å². The smallest absolute Gasteiger partial charge is 0.256 e. The van der Waals surface area contributed by atoms with Crippen molar-refractivity contribution in [1.82, 2.24) is 20.2 Å². The van der Waals surface area contributed by atoms with Crippen molar-refractivity contribution >= 4 is 17.4 Å². The van der Waals surface area contributed by atoms with Gasteiger partial charge in [0.05, 0.1) is 0 Å². The molecule has 0 bridgehead atoms. The molecule has 168 valence electrons. The number of likely N-dealkylation sites (N-methyl/N-ethyl adjacent to an activating group) is 1. The minimum Gasteiger partial charge on any atom is -0.369 e. The molecule has 2 aromatic rings. The van der Waals surface area contributed by atoms with E-state index in [1.54, 1.807) is 6.20 Å². The third-order valence-corrected chi connectivity index (χ3v) is 5.44. The standard InChI is InChI=1S/C24H36N6O/c1-18-26-16-21(22(28-18)27-17-24(2,3)4)23(31)25-11-10-19-6-8-20(9-7-19)30-14-12-29(5)13-15-30/h6-9,16H,10-15,17H2,1-5H3,(H,25,31)(H,26,27,28)/i5-1. The number of nitrogens with one attached hydrogen (secondary N) is 2. The van der Waals surface area contributed by atoms with Gasteiger partial charge in [0.1, 0.15) is 17.2 Å². The van der Waals surface area contributed by atoms with Gasteiger partial charge in [-0.05, 0) is 43.5 Å². The fourth-order valence-electron chi connectivity index (χ4n) is 3.47. The minimum absolute atomic E-state index is 0.0862. The highest BCUT2D eigenvalue weighted by Crippen LogP contribution is 2.18. The molecule has 1 fully saturated rings. The van der Waals surface area contributed by atoms with E-state index in [1.165, 1.54) is 11.3 Å². The Kier molecular flexibility index (Phi) is 7.49. The van der Waals surface area contributed by atoms with Crippen LogP contribution in [0, 0.1) is 12.3 Å². The van der Waals surface area contributed by atoms with Crippen LogP contribution >= 0.6 is 0 Å². The molecule has 1 amide bonds. The lowest BCUT2D eigenvalue weighted by Crippen LogP contribution is -2.44. The lowest BCUT2D eigenvalue weighted by molar-refractivity contribution is 0.0954. The first-order valence-electron chi connectivity index (χ1n) is 11.1. The summed E-state index contributed by atoms with van der Waals surface area (Å²) in [6, 6.07) is 8.69. The number of rotatable bonds is 7. The maximum absolute atomic E-state index is 12.7. The Balaban J connectivity index is 1.53. The second-order valence-corrected chi connectivity index (χ2v) is 9.56. The molecule has 0 aliphatic carbocycles. The van der Waals surface area contributed by atoms with Gasteiger partial charge in [-0.2, -0.15) is 0 Å². The molecule has 7 nitrogen and oxygen atoms in total. The Labute approximate surface area is 186 Å². The molecule has 1 aromatic carbocycles. The Hall–Kier alpha value is -2.67. The predicted molar refractivity (Wildman–Crippen MR) is 127 cm³/mol. The van der Waals surface area contributed by atoms with Gasteiger partial charge in [-0.3, -0.25) is 4.79 Å². The van der Waals surface area contributed by atoms with Crippen LogP contribution in [0.15, 0.2) is 30.5 Å². The van der Waals surface area contributed by atoms with Gasteiger partial charge in [-0.1, -0.05) is 32.9 Å². The highest BCUT2D eigenvalue weighted by molar-refractivity contribution is 5.98. The summed E-state index contributed by atoms with van der Waals surface area (Å²) in [5.74, 6) is 1.09. The molecule has 0 unspecified atom stereocenters. The van der Waals surface area contributed by atoms with Crippen molar-refractivity contribution in [2.45, 2.75) is 34.1 Å². The summed E-state index contributed by atoms with van der Waals surface area (Å²) in [4.78, 5) is 26.2. The summed E-state index contributed by atoms with van der Waals surface area (Å²) < 4.78 is 0. The van der Waals surface area contributed by atoms with Gasteiger partial charge < -0.3 is 20.4 Å². The van der Waals surface area contributed by atoms with Crippen LogP contribution in [0.1, 0.15) is 42.5 Å². The van der Waals surface area contributed by atoms with E-state index in [0.717, 1.165) is 39.1 Å². The Morgan fingerprint density at radius 2 is 1.77 bits per heavy atom. The Bertz CT molecular complexity index is 867. The molecule has 31 heavy (non-hydrogen) atoms. The van der Waals surface area contributed by atoms with E-state index in [2.05, 4.69) is 82.5 Å². The SMILES string of the molecule is Cc1ncc(C(=O)NCCc2ccc(N3CCN([11CH3])CC3)cc2)c(NCC(C)(C)C)n1. The van der Waals surface area contributed by atoms with Gasteiger partial charge in [-0.25, -0.2) is 9.97 Å². The number of piperazine rings is 1. The maximum Gasteiger partial charge on any atom is 0.256 e. The van der Waals surface area contributed by atoms with Crippen molar-refractivity contribution in [3.05, 3.63) is 47.4 Å². The summed E-state index contributed by atoms with van der Waals surface area (Å²) in [7, 11) is 2.17. The second kappa shape index (κ2) is 10.1. The summed E-state index contributed by atoms with van der Waals surface area (Å²) in [5, 5.41) is 6.32. The molecule has 0 spiro atoms. The van der Waals surface area contributed by atoms with Crippen LogP contribution in [-0.2, 0) is 6.42 Å². The van der Waals surface area contributed by atoms with Gasteiger partial charge in [0, 0.05) is 51.2 Å². The lowest BCUT2D eigenvalue weighted by Gasteiger charge is -2.34. The zero-order valence-corrected chi connectivity index (χ0v) is 19.5. The number of anilines is 2. The fraction of sp³-hybridized carbons (Fsp3) is 0.542. The number of benzene rings is 1. The molecule has 2 heterocycles. The molecule has 0 radical (unpaired) electrons. The normalized spacial score (nSPS) is 15.1. The summed E-state index contributed by atoms with van der Waals surface area (Å²) in [6.07, 6.45) is 2.39. The molecule has 7 heteroatoms. The highest BCUT2D eigenvalue weighted by atomic mass is 16.1. The molecule has 2 N–H and O–H groups in total. The third-order valence-electron chi connectivity index (χ3n) is 5.44. The molecule has 1 saturated heterocycles. The van der Waals surface area contributed by atoms with Crippen LogP contribution in [0.3, 0.4) is 0 Å². The van der Waals surface area contributed by atoms with E-state index in [9.17, 15) is 4.79 Å². The number of hydrogen-bond acceptors (Lipinski definition) is 6. The summed E-state index contributed by atoms with van der Waals surface area (Å²) >= 11 is 0. The Morgan fingerprint density at radius 1 is 1.10 bits per heavy atom. The van der Waals surface area contributed by atoms with E-state index in [0.29, 0.717) is 23.8 Å². The van der Waals surface area contributed by atoms with Crippen molar-refractivity contribution in [2.24, 2.45) is 5.41 Å². The first-order chi connectivity index (χ1) is 14.7. The average Bonchev–Trinajstić information content (AvgIpc) is 2.73. The molecular formula is C24H36N6O. The zero-order valence-electron chi connectivity index (χ0n) is 19.5. The van der Waals surface area contributed by atoms with Crippen LogP contribution < -0.4 is 15.5 Å². The van der Waals surface area contributed by atoms with Gasteiger partial charge in [-0.15, -0.1) is 0 Å². The van der Waals surface area contributed by atoms with Crippen molar-refractivity contribution in [3.63, 3.8) is 0 Å². The van der Waals surface area contributed by atoms with Crippen molar-refractivity contribution in [1.29, 1.82) is 0 Å². The predicted octanol–water partition coefficient (Wildman–Crippen LogP) is 2.97. The molecule has 0 saturated carbocycles. The van der Waals surface area contributed by atoms with Crippen molar-refractivity contribution < 1.29 is 4.79 Å². The number of carbonyl (C=O) groups is 1. The van der Waals surface area contributed by atoms with E-state index in [4.69, 9.17) is 0 Å². The molecule has 3 rings (SSSR count). The topological polar surface area (TPSA) is 73.4 Å². The molecule has 1 aliphatic rings. The third kappa shape index (κ3) is 6.92. The van der Waals surface area contributed by atoms with Crippen LogP contribution in [0.2, 0.25) is 0 Å². The zero-order chi connectivity index (χ0) is 22.4. The van der Waals surface area contributed by atoms with E-state index >= 15 is 0 Å². The number of aromatic nitrogens is 2. The summed E-state index contributed by atoms with van der Waals surface area (Å²) in [6.45, 7) is 13.9. The van der Waals surface area contributed by atoms with E-state index < -0.39 is 0 Å². The lowest BCUT2D eigenvalue weighted by atomic mass is 9.97. The van der Waals surface area contributed by atoms with Crippen LogP contribution in [0.25, 0.3) is 0 Å². The first-order valence-corrected chi connectivity index (χ1v) is 11.1. The maximum atomic E-state index is 12.7. The average molecular weight is 424 g/mol. The van der Waals surface area contributed by atoms with Crippen LogP contribution in [-0.4, -0.2) is 67.1 Å². The highest BCUT2D eigenvalue weighted by Gasteiger charge is 2.17. The minimum atomic E-state index is -0.148. The monoisotopic (exact) mass is 423 g/mol. The summed E-state index contributed by atoms with van der Waals surface area (Å²) in [5.41, 5.74) is 3.06. The van der Waals surface area contributed by atoms with Gasteiger partial charge in [0.2, 0.25) is 0 Å². The molecular weight excluding hydrogens is 387 g/mol. The largest absolute Gasteiger partial charge is 0.369 e. The quantitative estimate of drug-likeness (QED) is 0.713. The number of carbonyl (C=O) groups excluding carboxylic acids is 1. The Morgan fingerprint density at radius 3 is 2.42 bits per heavy atom. The van der Waals surface area contributed by atoms with E-state index in [-0.39, 0.29) is 11.3 Å². The number of amides is 1. The number of aryl methyl sites for hydroxylation is 1. The first kappa shape index (κ1) is 23.0. The van der Waals surface area contributed by atoms with Crippen LogP contribution in [0.5, 0.6) is 0 Å². The van der Waals surface area contributed by atoms with Crippen molar-refractivity contribution in [3.8, 4) is 0 Å². The van der Waals surface area contributed by atoms with E-state index in [1.807, 2.05) is 6.92 Å². The molecule has 1 aromatic heterocycles. The second-order valence-electron chi connectivity index (χ2n) is 9.56. The number of nitrogens with zero attached hydrogens (tertiary/aromatic N) is 4. The molecule has 0 atom stereocenters.